The van der Waals surface area contributed by atoms with Crippen molar-refractivity contribution in [2.45, 2.75) is 10.8 Å². The van der Waals surface area contributed by atoms with E-state index < -0.39 is 10.0 Å². The lowest BCUT2D eigenvalue weighted by Gasteiger charge is -2.36. The largest absolute Gasteiger partial charge is 0.370 e. The molecular formula is C16H21ClIN5O2S2. The molecule has 4 N–H and O–H groups in total. The summed E-state index contributed by atoms with van der Waals surface area (Å²) in [5.74, 6) is 0.464. The average molecular weight is 542 g/mol. The van der Waals surface area contributed by atoms with E-state index in [1.807, 2.05) is 29.2 Å². The molecule has 0 atom stereocenters. The highest BCUT2D eigenvalue weighted by molar-refractivity contribution is 14.0. The van der Waals surface area contributed by atoms with Crippen LogP contribution in [0.5, 0.6) is 0 Å². The van der Waals surface area contributed by atoms with Crippen molar-refractivity contribution in [3.05, 3.63) is 46.3 Å². The summed E-state index contributed by atoms with van der Waals surface area (Å²) in [5, 5.41) is 5.84. The zero-order chi connectivity index (χ0) is 18.7. The smallest absolute Gasteiger partial charge is 0.247 e. The normalized spacial score (nSPS) is 15.6. The Hall–Kier alpha value is -1.08. The minimum Gasteiger partial charge on any atom is -0.370 e. The highest BCUT2D eigenvalue weighted by atomic mass is 127. The fraction of sp³-hybridized carbons (Fsp3) is 0.312. The third-order valence-electron chi connectivity index (χ3n) is 4.11. The minimum absolute atomic E-state index is 0. The first-order valence-electron chi connectivity index (χ1n) is 8.00. The lowest BCUT2D eigenvalue weighted by Crippen LogP contribution is -2.51. The van der Waals surface area contributed by atoms with Crippen LogP contribution < -0.4 is 15.8 Å². The Morgan fingerprint density at radius 1 is 1.11 bits per heavy atom. The molecule has 148 valence electrons. The Kier molecular flexibility index (Phi) is 7.74. The van der Waals surface area contributed by atoms with E-state index in [0.29, 0.717) is 12.5 Å². The van der Waals surface area contributed by atoms with Gasteiger partial charge in [-0.25, -0.2) is 18.5 Å². The molecule has 0 saturated carbocycles. The number of nitrogens with two attached hydrogens (primary N) is 2. The molecule has 0 unspecified atom stereocenters. The van der Waals surface area contributed by atoms with Gasteiger partial charge < -0.3 is 15.5 Å². The van der Waals surface area contributed by atoms with Crippen LogP contribution in [0.4, 0.5) is 5.69 Å². The quantitative estimate of drug-likeness (QED) is 0.351. The molecule has 27 heavy (non-hydrogen) atoms. The van der Waals surface area contributed by atoms with Crippen molar-refractivity contribution < 1.29 is 8.42 Å². The first kappa shape index (κ1) is 22.2. The molecule has 2 heterocycles. The van der Waals surface area contributed by atoms with Gasteiger partial charge in [-0.05, 0) is 36.4 Å². The number of nitrogens with zero attached hydrogens (tertiary/aromatic N) is 3. The molecule has 1 aromatic carbocycles. The van der Waals surface area contributed by atoms with E-state index in [1.54, 1.807) is 6.07 Å². The molecule has 7 nitrogen and oxygen atoms in total. The Morgan fingerprint density at radius 3 is 2.30 bits per heavy atom. The van der Waals surface area contributed by atoms with Gasteiger partial charge in [-0.1, -0.05) is 11.6 Å². The molecule has 1 aliphatic heterocycles. The summed E-state index contributed by atoms with van der Waals surface area (Å²) in [4.78, 5) is 9.49. The highest BCUT2D eigenvalue weighted by Crippen LogP contribution is 2.21. The van der Waals surface area contributed by atoms with Crippen LogP contribution in [0.15, 0.2) is 45.6 Å². The summed E-state index contributed by atoms with van der Waals surface area (Å²) in [6.45, 7) is 3.55. The van der Waals surface area contributed by atoms with Crippen LogP contribution in [0.25, 0.3) is 0 Å². The number of aliphatic imine (C=N–C) groups is 1. The molecule has 0 aliphatic carbocycles. The van der Waals surface area contributed by atoms with Gasteiger partial charge in [0.2, 0.25) is 10.0 Å². The van der Waals surface area contributed by atoms with Gasteiger partial charge in [0.1, 0.15) is 4.21 Å². The second kappa shape index (κ2) is 9.41. The number of primary sulfonamides is 1. The highest BCUT2D eigenvalue weighted by Gasteiger charge is 2.18. The van der Waals surface area contributed by atoms with Gasteiger partial charge in [0.15, 0.2) is 5.96 Å². The lowest BCUT2D eigenvalue weighted by molar-refractivity contribution is 0.381. The number of piperazine rings is 1. The third-order valence-corrected chi connectivity index (χ3v) is 6.87. The SMILES string of the molecule is I.NC(=NCc1ccc(S(N)(=O)=O)s1)N1CCN(c2ccc(Cl)cc2)CC1. The van der Waals surface area contributed by atoms with Crippen molar-refractivity contribution >= 4 is 68.6 Å². The maximum atomic E-state index is 11.3. The molecule has 0 amide bonds. The van der Waals surface area contributed by atoms with Gasteiger partial charge >= 0.3 is 0 Å². The van der Waals surface area contributed by atoms with E-state index in [4.69, 9.17) is 22.5 Å². The second-order valence-electron chi connectivity index (χ2n) is 5.89. The predicted molar refractivity (Wildman–Crippen MR) is 122 cm³/mol. The molecule has 1 aromatic heterocycles. The maximum Gasteiger partial charge on any atom is 0.247 e. The van der Waals surface area contributed by atoms with E-state index in [1.165, 1.54) is 6.07 Å². The van der Waals surface area contributed by atoms with Crippen LogP contribution >= 0.6 is 46.9 Å². The zero-order valence-electron chi connectivity index (χ0n) is 14.4. The number of hydrogen-bond acceptors (Lipinski definition) is 5. The first-order chi connectivity index (χ1) is 12.3. The molecule has 1 fully saturated rings. The van der Waals surface area contributed by atoms with Crippen molar-refractivity contribution in [1.29, 1.82) is 0 Å². The number of halogens is 2. The van der Waals surface area contributed by atoms with Gasteiger partial charge in [0.05, 0.1) is 6.54 Å². The Bertz CT molecular complexity index is 894. The molecule has 0 radical (unpaired) electrons. The summed E-state index contributed by atoms with van der Waals surface area (Å²) >= 11 is 7.04. The molecule has 1 aliphatic rings. The van der Waals surface area contributed by atoms with Gasteiger partial charge in [-0.3, -0.25) is 0 Å². The van der Waals surface area contributed by atoms with Crippen LogP contribution in [-0.4, -0.2) is 45.5 Å². The zero-order valence-corrected chi connectivity index (χ0v) is 19.1. The summed E-state index contributed by atoms with van der Waals surface area (Å²) in [7, 11) is -3.66. The number of rotatable bonds is 4. The van der Waals surface area contributed by atoms with Crippen LogP contribution in [0.1, 0.15) is 4.88 Å². The topological polar surface area (TPSA) is 105 Å². The number of sulfonamides is 1. The van der Waals surface area contributed by atoms with Crippen LogP contribution in [0.2, 0.25) is 5.02 Å². The van der Waals surface area contributed by atoms with E-state index in [0.717, 1.165) is 53.1 Å². The van der Waals surface area contributed by atoms with Gasteiger partial charge in [0.25, 0.3) is 0 Å². The molecule has 0 bridgehead atoms. The summed E-state index contributed by atoms with van der Waals surface area (Å²) < 4.78 is 22.7. The van der Waals surface area contributed by atoms with Crippen LogP contribution in [0, 0.1) is 0 Å². The second-order valence-corrected chi connectivity index (χ2v) is 9.28. The number of thiophene rings is 1. The molecule has 11 heteroatoms. The van der Waals surface area contributed by atoms with E-state index >= 15 is 0 Å². The van der Waals surface area contributed by atoms with Gasteiger partial charge in [0, 0.05) is 41.8 Å². The van der Waals surface area contributed by atoms with E-state index in [2.05, 4.69) is 9.89 Å². The van der Waals surface area contributed by atoms with Crippen molar-refractivity contribution in [2.24, 2.45) is 15.9 Å². The Balaban J connectivity index is 0.00000261. The number of benzene rings is 1. The van der Waals surface area contributed by atoms with Crippen LogP contribution in [-0.2, 0) is 16.6 Å². The molecule has 2 aromatic rings. The van der Waals surface area contributed by atoms with Crippen molar-refractivity contribution in [3.63, 3.8) is 0 Å². The van der Waals surface area contributed by atoms with Gasteiger partial charge in [-0.15, -0.1) is 35.3 Å². The average Bonchev–Trinajstić information content (AvgIpc) is 3.10. The van der Waals surface area contributed by atoms with E-state index in [9.17, 15) is 8.42 Å². The number of hydrogen-bond donors (Lipinski definition) is 2. The summed E-state index contributed by atoms with van der Waals surface area (Å²) in [5.41, 5.74) is 7.23. The third kappa shape index (κ3) is 5.95. The monoisotopic (exact) mass is 541 g/mol. The van der Waals surface area contributed by atoms with Gasteiger partial charge in [-0.2, -0.15) is 0 Å². The Morgan fingerprint density at radius 2 is 1.74 bits per heavy atom. The number of anilines is 1. The predicted octanol–water partition coefficient (Wildman–Crippen LogP) is 2.30. The molecule has 0 spiro atoms. The maximum absolute atomic E-state index is 11.3. The summed E-state index contributed by atoms with van der Waals surface area (Å²) in [6.07, 6.45) is 0. The lowest BCUT2D eigenvalue weighted by atomic mass is 10.2. The molecular weight excluding hydrogens is 521 g/mol. The van der Waals surface area contributed by atoms with Crippen molar-refractivity contribution in [1.82, 2.24) is 4.90 Å². The Labute approximate surface area is 185 Å². The standard InChI is InChI=1S/C16H20ClN5O2S2.HI/c17-12-1-3-13(4-2-12)21-7-9-22(10-8-21)16(18)20-11-14-5-6-15(25-14)26(19,23)24;/h1-6H,7-11H2,(H2,18,20)(H2,19,23,24);1H. The minimum atomic E-state index is -3.66. The van der Waals surface area contributed by atoms with Crippen molar-refractivity contribution in [2.75, 3.05) is 31.1 Å². The molecule has 3 rings (SSSR count). The molecule has 1 saturated heterocycles. The van der Waals surface area contributed by atoms with Crippen molar-refractivity contribution in [3.8, 4) is 0 Å². The fourth-order valence-corrected chi connectivity index (χ4v) is 4.53. The number of guanidine groups is 1. The van der Waals surface area contributed by atoms with Crippen LogP contribution in [0.3, 0.4) is 0 Å². The summed E-state index contributed by atoms with van der Waals surface area (Å²) in [6, 6.07) is 11.0. The van der Waals surface area contributed by atoms with E-state index in [-0.39, 0.29) is 28.2 Å². The fourth-order valence-electron chi connectivity index (χ4n) is 2.70. The first-order valence-corrected chi connectivity index (χ1v) is 10.7.